The average molecular weight is 252 g/mol. The van der Waals surface area contributed by atoms with Gasteiger partial charge >= 0.3 is 5.51 Å². The second kappa shape index (κ2) is 6.36. The quantitative estimate of drug-likeness (QED) is 0.781. The van der Waals surface area contributed by atoms with Gasteiger partial charge < -0.3 is 5.32 Å². The summed E-state index contributed by atoms with van der Waals surface area (Å²) in [5.41, 5.74) is -4.15. The molecule has 0 aromatic heterocycles. The molecule has 0 aliphatic heterocycles. The Kier molecular flexibility index (Phi) is 5.42. The number of nitrogens with one attached hydrogen (secondary N) is 1. The summed E-state index contributed by atoms with van der Waals surface area (Å²) in [5.74, 6) is -0.0253. The van der Waals surface area contributed by atoms with E-state index in [0.717, 1.165) is 25.7 Å². The Morgan fingerprint density at radius 1 is 1.31 bits per heavy atom. The second-order valence-electron chi connectivity index (χ2n) is 3.87. The van der Waals surface area contributed by atoms with Crippen LogP contribution < -0.4 is 5.32 Å². The van der Waals surface area contributed by atoms with Crippen molar-refractivity contribution < 1.29 is 13.2 Å². The molecule has 16 heavy (non-hydrogen) atoms. The summed E-state index contributed by atoms with van der Waals surface area (Å²) in [5, 5.41) is 11.9. The SMILES string of the molecule is N#CC1CCCCC1NCCSC(F)(F)F. The van der Waals surface area contributed by atoms with Crippen molar-refractivity contribution in [1.82, 2.24) is 5.32 Å². The van der Waals surface area contributed by atoms with Crippen LogP contribution in [-0.4, -0.2) is 23.8 Å². The van der Waals surface area contributed by atoms with Crippen molar-refractivity contribution in [2.45, 2.75) is 37.2 Å². The Morgan fingerprint density at radius 3 is 2.62 bits per heavy atom. The van der Waals surface area contributed by atoms with E-state index in [1.165, 1.54) is 0 Å². The number of nitrogens with zero attached hydrogens (tertiary/aromatic N) is 1. The fourth-order valence-electron chi connectivity index (χ4n) is 1.94. The molecule has 1 fully saturated rings. The number of hydrogen-bond acceptors (Lipinski definition) is 3. The zero-order valence-electron chi connectivity index (χ0n) is 8.89. The largest absolute Gasteiger partial charge is 0.441 e. The van der Waals surface area contributed by atoms with Gasteiger partial charge in [0.05, 0.1) is 12.0 Å². The molecule has 1 rings (SSSR count). The first-order chi connectivity index (χ1) is 7.53. The highest BCUT2D eigenvalue weighted by molar-refractivity contribution is 8.00. The van der Waals surface area contributed by atoms with Crippen molar-refractivity contribution in [3.63, 3.8) is 0 Å². The summed E-state index contributed by atoms with van der Waals surface area (Å²) in [6.07, 6.45) is 3.87. The molecule has 0 aromatic rings. The highest BCUT2D eigenvalue weighted by atomic mass is 32.2. The van der Waals surface area contributed by atoms with E-state index in [9.17, 15) is 13.2 Å². The van der Waals surface area contributed by atoms with E-state index >= 15 is 0 Å². The Morgan fingerprint density at radius 2 is 2.00 bits per heavy atom. The smallest absolute Gasteiger partial charge is 0.312 e. The maximum atomic E-state index is 11.8. The Balaban J connectivity index is 2.19. The standard InChI is InChI=1S/C10H15F3N2S/c11-10(12,13)16-6-5-15-9-4-2-1-3-8(9)7-14/h8-9,15H,1-6H2. The summed E-state index contributed by atoms with van der Waals surface area (Å²) >= 11 is -0.0144. The Hall–Kier alpha value is -0.410. The zero-order chi connectivity index (χ0) is 12.0. The number of halogens is 3. The van der Waals surface area contributed by atoms with Crippen molar-refractivity contribution in [3.8, 4) is 6.07 Å². The molecule has 0 spiro atoms. The maximum Gasteiger partial charge on any atom is 0.441 e. The molecule has 0 heterocycles. The molecule has 2 atom stereocenters. The van der Waals surface area contributed by atoms with Crippen LogP contribution in [0.5, 0.6) is 0 Å². The second-order valence-corrected chi connectivity index (χ2v) is 5.03. The lowest BCUT2D eigenvalue weighted by molar-refractivity contribution is -0.0327. The van der Waals surface area contributed by atoms with Crippen molar-refractivity contribution >= 4 is 11.8 Å². The van der Waals surface area contributed by atoms with Gasteiger partial charge in [0, 0.05) is 18.3 Å². The predicted octanol–water partition coefficient (Wildman–Crippen LogP) is 2.91. The molecule has 2 nitrogen and oxygen atoms in total. The molecule has 1 saturated carbocycles. The lowest BCUT2D eigenvalue weighted by atomic mass is 9.85. The highest BCUT2D eigenvalue weighted by Crippen LogP contribution is 2.29. The van der Waals surface area contributed by atoms with Crippen LogP contribution in [0.3, 0.4) is 0 Å². The molecule has 1 aliphatic carbocycles. The van der Waals surface area contributed by atoms with E-state index in [0.29, 0.717) is 6.54 Å². The third kappa shape index (κ3) is 5.08. The van der Waals surface area contributed by atoms with E-state index in [1.807, 2.05) is 0 Å². The van der Waals surface area contributed by atoms with Gasteiger partial charge in [-0.25, -0.2) is 0 Å². The van der Waals surface area contributed by atoms with Gasteiger partial charge in [-0.05, 0) is 24.6 Å². The van der Waals surface area contributed by atoms with Crippen molar-refractivity contribution in [1.29, 1.82) is 5.26 Å². The van der Waals surface area contributed by atoms with Crippen LogP contribution in [0.4, 0.5) is 13.2 Å². The Bertz CT molecular complexity index is 249. The number of hydrogen-bond donors (Lipinski definition) is 1. The molecular weight excluding hydrogens is 237 g/mol. The molecule has 92 valence electrons. The van der Waals surface area contributed by atoms with Gasteiger partial charge in [-0.2, -0.15) is 18.4 Å². The molecule has 2 unspecified atom stereocenters. The summed E-state index contributed by atoms with van der Waals surface area (Å²) in [7, 11) is 0. The van der Waals surface area contributed by atoms with Gasteiger partial charge in [0.1, 0.15) is 0 Å². The molecule has 0 amide bonds. The molecule has 0 radical (unpaired) electrons. The molecule has 1 N–H and O–H groups in total. The highest BCUT2D eigenvalue weighted by Gasteiger charge is 2.28. The molecule has 0 aromatic carbocycles. The molecule has 1 aliphatic rings. The van der Waals surface area contributed by atoms with E-state index in [2.05, 4.69) is 11.4 Å². The number of alkyl halides is 3. The van der Waals surface area contributed by atoms with Crippen molar-refractivity contribution in [2.75, 3.05) is 12.3 Å². The third-order valence-corrected chi connectivity index (χ3v) is 3.44. The minimum absolute atomic E-state index is 0.0121. The fraction of sp³-hybridized carbons (Fsp3) is 0.900. The van der Waals surface area contributed by atoms with Gasteiger partial charge in [-0.15, -0.1) is 0 Å². The van der Waals surface area contributed by atoms with Gasteiger partial charge in [0.15, 0.2) is 0 Å². The summed E-state index contributed by atoms with van der Waals surface area (Å²) in [6, 6.07) is 2.30. The zero-order valence-corrected chi connectivity index (χ0v) is 9.70. The van der Waals surface area contributed by atoms with Gasteiger partial charge in [-0.1, -0.05) is 12.8 Å². The van der Waals surface area contributed by atoms with Gasteiger partial charge in [-0.3, -0.25) is 0 Å². The summed E-state index contributed by atoms with van der Waals surface area (Å²) in [6.45, 7) is 0.313. The molecular formula is C10H15F3N2S. The predicted molar refractivity (Wildman–Crippen MR) is 57.9 cm³/mol. The topological polar surface area (TPSA) is 35.8 Å². The van der Waals surface area contributed by atoms with E-state index in [1.54, 1.807) is 0 Å². The van der Waals surface area contributed by atoms with Crippen LogP contribution in [0.15, 0.2) is 0 Å². The Labute approximate surface area is 97.6 Å². The normalized spacial score (nSPS) is 26.4. The first-order valence-electron chi connectivity index (χ1n) is 5.36. The maximum absolute atomic E-state index is 11.8. The van der Waals surface area contributed by atoms with E-state index in [4.69, 9.17) is 5.26 Å². The summed E-state index contributed by atoms with van der Waals surface area (Å²) < 4.78 is 35.5. The van der Waals surface area contributed by atoms with Crippen LogP contribution in [-0.2, 0) is 0 Å². The number of thioether (sulfide) groups is 1. The van der Waals surface area contributed by atoms with Crippen LogP contribution in [0.1, 0.15) is 25.7 Å². The fourth-order valence-corrected chi connectivity index (χ4v) is 2.39. The van der Waals surface area contributed by atoms with Gasteiger partial charge in [0.25, 0.3) is 0 Å². The van der Waals surface area contributed by atoms with Crippen molar-refractivity contribution in [2.24, 2.45) is 5.92 Å². The summed E-state index contributed by atoms with van der Waals surface area (Å²) in [4.78, 5) is 0. The van der Waals surface area contributed by atoms with E-state index < -0.39 is 5.51 Å². The molecule has 0 saturated heterocycles. The van der Waals surface area contributed by atoms with Crippen LogP contribution in [0, 0.1) is 17.2 Å². The average Bonchev–Trinajstić information content (AvgIpc) is 2.23. The van der Waals surface area contributed by atoms with Crippen LogP contribution >= 0.6 is 11.8 Å². The number of nitriles is 1. The minimum atomic E-state index is -4.15. The lowest BCUT2D eigenvalue weighted by Gasteiger charge is -2.27. The number of rotatable bonds is 4. The van der Waals surface area contributed by atoms with E-state index in [-0.39, 0.29) is 29.5 Å². The van der Waals surface area contributed by atoms with Gasteiger partial charge in [0.2, 0.25) is 0 Å². The lowest BCUT2D eigenvalue weighted by Crippen LogP contribution is -2.39. The van der Waals surface area contributed by atoms with Crippen LogP contribution in [0.25, 0.3) is 0 Å². The van der Waals surface area contributed by atoms with Crippen molar-refractivity contribution in [3.05, 3.63) is 0 Å². The molecule has 0 bridgehead atoms. The first kappa shape index (κ1) is 13.7. The molecule has 6 heteroatoms. The third-order valence-electron chi connectivity index (χ3n) is 2.71. The first-order valence-corrected chi connectivity index (χ1v) is 6.35. The monoisotopic (exact) mass is 252 g/mol. The van der Waals surface area contributed by atoms with Crippen LogP contribution in [0.2, 0.25) is 0 Å². The minimum Gasteiger partial charge on any atom is -0.312 e.